The quantitative estimate of drug-likeness (QED) is 0.352. The van der Waals surface area contributed by atoms with Gasteiger partial charge in [-0.2, -0.15) is 0 Å². The van der Waals surface area contributed by atoms with Crippen molar-refractivity contribution in [1.29, 1.82) is 0 Å². The molecule has 3 rings (SSSR count). The van der Waals surface area contributed by atoms with Gasteiger partial charge >= 0.3 is 5.97 Å². The molecule has 0 spiro atoms. The molecule has 12 heteroatoms. The van der Waals surface area contributed by atoms with Crippen LogP contribution in [0.25, 0.3) is 0 Å². The molecule has 2 N–H and O–H groups in total. The largest absolute Gasteiger partial charge is 0.495 e. The van der Waals surface area contributed by atoms with Crippen LogP contribution in [0.15, 0.2) is 59.5 Å². The predicted octanol–water partition coefficient (Wildman–Crippen LogP) is 4.60. The van der Waals surface area contributed by atoms with E-state index in [9.17, 15) is 18.0 Å². The summed E-state index contributed by atoms with van der Waals surface area (Å²) in [5.41, 5.74) is 0.757. The molecule has 3 aromatic rings. The maximum atomic E-state index is 13.2. The van der Waals surface area contributed by atoms with Crippen LogP contribution in [0.5, 0.6) is 17.2 Å². The maximum absolute atomic E-state index is 13.2. The Hall–Kier alpha value is -3.96. The van der Waals surface area contributed by atoms with Crippen molar-refractivity contribution in [2.24, 2.45) is 0 Å². The molecule has 0 aliphatic carbocycles. The minimum atomic E-state index is -4.23. The molecule has 196 valence electrons. The maximum Gasteiger partial charge on any atom is 0.338 e. The standard InChI is InChI=1S/C25H25ClN2O8S/c1-5-36-25(30)15-6-9-18(10-7-15)27-24(29)16-12-19(23(35-4)21(13-16)34-3)28-37(31,32)22-14-17(26)8-11-20(22)33-2/h6-14,28H,5H2,1-4H3,(H,27,29). The molecule has 10 nitrogen and oxygen atoms in total. The van der Waals surface area contributed by atoms with Crippen molar-refractivity contribution >= 4 is 44.9 Å². The highest BCUT2D eigenvalue weighted by Gasteiger charge is 2.25. The number of anilines is 2. The summed E-state index contributed by atoms with van der Waals surface area (Å²) in [7, 11) is -0.209. The van der Waals surface area contributed by atoms with Gasteiger partial charge in [0.05, 0.1) is 39.2 Å². The van der Waals surface area contributed by atoms with Gasteiger partial charge in [0, 0.05) is 16.3 Å². The van der Waals surface area contributed by atoms with Crippen LogP contribution in [-0.4, -0.2) is 48.2 Å². The highest BCUT2D eigenvalue weighted by atomic mass is 35.5. The zero-order chi connectivity index (χ0) is 27.2. The van der Waals surface area contributed by atoms with E-state index >= 15 is 0 Å². The minimum absolute atomic E-state index is 0.0494. The van der Waals surface area contributed by atoms with Gasteiger partial charge in [-0.05, 0) is 61.5 Å². The molecular formula is C25H25ClN2O8S. The monoisotopic (exact) mass is 548 g/mol. The Morgan fingerprint density at radius 2 is 1.54 bits per heavy atom. The summed E-state index contributed by atoms with van der Waals surface area (Å²) in [5, 5.41) is 2.88. The van der Waals surface area contributed by atoms with Crippen LogP contribution >= 0.6 is 11.6 Å². The Balaban J connectivity index is 1.95. The average Bonchev–Trinajstić information content (AvgIpc) is 2.88. The van der Waals surface area contributed by atoms with E-state index in [4.69, 9.17) is 30.5 Å². The number of sulfonamides is 1. The summed E-state index contributed by atoms with van der Waals surface area (Å²) in [6.45, 7) is 1.95. The van der Waals surface area contributed by atoms with E-state index in [1.54, 1.807) is 19.1 Å². The minimum Gasteiger partial charge on any atom is -0.495 e. The highest BCUT2D eigenvalue weighted by molar-refractivity contribution is 7.92. The van der Waals surface area contributed by atoms with Crippen molar-refractivity contribution < 1.29 is 37.0 Å². The average molecular weight is 549 g/mol. The fourth-order valence-electron chi connectivity index (χ4n) is 3.34. The first kappa shape index (κ1) is 27.6. The van der Waals surface area contributed by atoms with Gasteiger partial charge in [-0.3, -0.25) is 9.52 Å². The Bertz CT molecular complexity index is 1410. The van der Waals surface area contributed by atoms with Crippen LogP contribution in [0.3, 0.4) is 0 Å². The predicted molar refractivity (Wildman–Crippen MR) is 139 cm³/mol. The van der Waals surface area contributed by atoms with Crippen LogP contribution < -0.4 is 24.2 Å². The molecule has 0 fully saturated rings. The van der Waals surface area contributed by atoms with E-state index < -0.39 is 21.9 Å². The van der Waals surface area contributed by atoms with Gasteiger partial charge in [-0.15, -0.1) is 0 Å². The number of methoxy groups -OCH3 is 3. The normalized spacial score (nSPS) is 10.8. The number of ether oxygens (including phenoxy) is 4. The summed E-state index contributed by atoms with van der Waals surface area (Å²) in [6, 6.07) is 13.0. The first-order valence-corrected chi connectivity index (χ1v) is 12.7. The zero-order valence-corrected chi connectivity index (χ0v) is 22.0. The molecule has 0 saturated carbocycles. The smallest absolute Gasteiger partial charge is 0.338 e. The molecule has 0 radical (unpaired) electrons. The fourth-order valence-corrected chi connectivity index (χ4v) is 4.83. The Morgan fingerprint density at radius 3 is 2.14 bits per heavy atom. The SMILES string of the molecule is CCOC(=O)c1ccc(NC(=O)c2cc(NS(=O)(=O)c3cc(Cl)ccc3OC)c(OC)c(OC)c2)cc1. The van der Waals surface area contributed by atoms with Gasteiger partial charge in [0.25, 0.3) is 15.9 Å². The van der Waals surface area contributed by atoms with Crippen LogP contribution in [0.1, 0.15) is 27.6 Å². The van der Waals surface area contributed by atoms with E-state index in [2.05, 4.69) is 10.0 Å². The second-order valence-corrected chi connectivity index (χ2v) is 9.50. The molecule has 0 saturated heterocycles. The summed E-state index contributed by atoms with van der Waals surface area (Å²) in [6.07, 6.45) is 0. The number of nitrogens with one attached hydrogen (secondary N) is 2. The fraction of sp³-hybridized carbons (Fsp3) is 0.200. The van der Waals surface area contributed by atoms with Crippen molar-refractivity contribution in [3.8, 4) is 17.2 Å². The topological polar surface area (TPSA) is 129 Å². The van der Waals surface area contributed by atoms with Crippen LogP contribution in [-0.2, 0) is 14.8 Å². The number of carbonyl (C=O) groups excluding carboxylic acids is 2. The molecule has 0 atom stereocenters. The summed E-state index contributed by atoms with van der Waals surface area (Å²) in [4.78, 5) is 24.7. The number of halogens is 1. The lowest BCUT2D eigenvalue weighted by Gasteiger charge is -2.17. The number of hydrogen-bond acceptors (Lipinski definition) is 8. The second-order valence-electron chi connectivity index (χ2n) is 7.41. The summed E-state index contributed by atoms with van der Waals surface area (Å²) < 4.78 is 49.7. The van der Waals surface area contributed by atoms with Crippen molar-refractivity contribution in [3.05, 3.63) is 70.7 Å². The molecule has 1 amide bonds. The van der Waals surface area contributed by atoms with E-state index in [1.807, 2.05) is 0 Å². The molecule has 0 unspecified atom stereocenters. The van der Waals surface area contributed by atoms with Crippen molar-refractivity contribution in [1.82, 2.24) is 0 Å². The molecular weight excluding hydrogens is 524 g/mol. The number of benzene rings is 3. The van der Waals surface area contributed by atoms with Crippen LogP contribution in [0.2, 0.25) is 5.02 Å². The molecule has 0 aliphatic heterocycles. The molecule has 0 aliphatic rings. The molecule has 3 aromatic carbocycles. The number of rotatable bonds is 10. The molecule has 37 heavy (non-hydrogen) atoms. The first-order chi connectivity index (χ1) is 17.6. The second kappa shape index (κ2) is 11.8. The molecule has 0 heterocycles. The first-order valence-electron chi connectivity index (χ1n) is 10.8. The Morgan fingerprint density at radius 1 is 0.865 bits per heavy atom. The van der Waals surface area contributed by atoms with Crippen molar-refractivity contribution in [2.45, 2.75) is 11.8 Å². The van der Waals surface area contributed by atoms with Crippen molar-refractivity contribution in [3.63, 3.8) is 0 Å². The number of hydrogen-bond donors (Lipinski definition) is 2. The lowest BCUT2D eigenvalue weighted by atomic mass is 10.1. The van der Waals surface area contributed by atoms with E-state index in [-0.39, 0.29) is 45.0 Å². The number of amides is 1. The van der Waals surface area contributed by atoms with Crippen LogP contribution in [0, 0.1) is 0 Å². The third-order valence-electron chi connectivity index (χ3n) is 5.05. The van der Waals surface area contributed by atoms with Gasteiger partial charge in [0.2, 0.25) is 0 Å². The number of esters is 1. The van der Waals surface area contributed by atoms with E-state index in [0.717, 1.165) is 0 Å². The lowest BCUT2D eigenvalue weighted by Crippen LogP contribution is -2.17. The number of carbonyl (C=O) groups is 2. The zero-order valence-electron chi connectivity index (χ0n) is 20.5. The summed E-state index contributed by atoms with van der Waals surface area (Å²) >= 11 is 6.00. The lowest BCUT2D eigenvalue weighted by molar-refractivity contribution is 0.0526. The van der Waals surface area contributed by atoms with E-state index in [0.29, 0.717) is 11.3 Å². The van der Waals surface area contributed by atoms with Gasteiger partial charge in [-0.25, -0.2) is 13.2 Å². The van der Waals surface area contributed by atoms with Crippen molar-refractivity contribution in [2.75, 3.05) is 38.0 Å². The third kappa shape index (κ3) is 6.43. The van der Waals surface area contributed by atoms with Gasteiger partial charge in [-0.1, -0.05) is 11.6 Å². The third-order valence-corrected chi connectivity index (χ3v) is 6.68. The van der Waals surface area contributed by atoms with Gasteiger partial charge in [0.15, 0.2) is 11.5 Å². The highest BCUT2D eigenvalue weighted by Crippen LogP contribution is 2.39. The van der Waals surface area contributed by atoms with Gasteiger partial charge in [0.1, 0.15) is 10.6 Å². The summed E-state index contributed by atoms with van der Waals surface area (Å²) in [5.74, 6) is -0.798. The van der Waals surface area contributed by atoms with Gasteiger partial charge < -0.3 is 24.3 Å². The Kier molecular flexibility index (Phi) is 8.85. The van der Waals surface area contributed by atoms with E-state index in [1.165, 1.54) is 63.8 Å². The molecule has 0 bridgehead atoms. The Labute approximate surface area is 219 Å². The van der Waals surface area contributed by atoms with Crippen LogP contribution in [0.4, 0.5) is 11.4 Å². The molecule has 0 aromatic heterocycles.